The first-order chi connectivity index (χ1) is 13.6. The second kappa shape index (κ2) is 8.60. The van der Waals surface area contributed by atoms with E-state index in [1.165, 1.54) is 25.7 Å². The van der Waals surface area contributed by atoms with E-state index in [-0.39, 0.29) is 11.9 Å². The molecule has 2 heterocycles. The molecule has 4 atom stereocenters. The van der Waals surface area contributed by atoms with E-state index >= 15 is 0 Å². The standard InChI is InChI=1S/C24H30O4/c25-19(15-17-3-1-2-4-17)10-12-21-20(22-13-14-23(21)28-22)11-7-16-5-8-18(9-6-16)24(26)27/h5-6,8-10,12,17,20-23H,1-4,7,11,13-15H2,(H,26,27)/t20-,21-,22+,23-/m0/s1. The Hall–Kier alpha value is -1.94. The second-order valence-corrected chi connectivity index (χ2v) is 8.75. The van der Waals surface area contributed by atoms with Crippen molar-refractivity contribution in [3.05, 3.63) is 47.5 Å². The van der Waals surface area contributed by atoms with Gasteiger partial charge in [-0.1, -0.05) is 43.9 Å². The smallest absolute Gasteiger partial charge is 0.335 e. The van der Waals surface area contributed by atoms with Gasteiger partial charge in [-0.25, -0.2) is 4.79 Å². The van der Waals surface area contributed by atoms with Gasteiger partial charge in [-0.15, -0.1) is 0 Å². The zero-order valence-corrected chi connectivity index (χ0v) is 16.4. The highest BCUT2D eigenvalue weighted by Crippen LogP contribution is 2.46. The lowest BCUT2D eigenvalue weighted by molar-refractivity contribution is -0.115. The van der Waals surface area contributed by atoms with Crippen molar-refractivity contribution in [3.8, 4) is 0 Å². The van der Waals surface area contributed by atoms with E-state index in [4.69, 9.17) is 9.84 Å². The number of carbonyl (C=O) groups is 2. The lowest BCUT2D eigenvalue weighted by Crippen LogP contribution is -2.26. The number of carboxylic acid groups (broad SMARTS) is 1. The van der Waals surface area contributed by atoms with Gasteiger partial charge in [0, 0.05) is 12.3 Å². The summed E-state index contributed by atoms with van der Waals surface area (Å²) in [4.78, 5) is 23.4. The molecule has 2 aliphatic heterocycles. The van der Waals surface area contributed by atoms with Crippen LogP contribution in [0.3, 0.4) is 0 Å². The molecule has 4 rings (SSSR count). The number of rotatable bonds is 8. The predicted molar refractivity (Wildman–Crippen MR) is 107 cm³/mol. The first-order valence-electron chi connectivity index (χ1n) is 10.8. The van der Waals surface area contributed by atoms with E-state index in [1.807, 2.05) is 18.2 Å². The summed E-state index contributed by atoms with van der Waals surface area (Å²) in [5.74, 6) is 0.772. The van der Waals surface area contributed by atoms with Crippen LogP contribution in [0.5, 0.6) is 0 Å². The zero-order valence-electron chi connectivity index (χ0n) is 16.4. The van der Waals surface area contributed by atoms with Gasteiger partial charge in [0.25, 0.3) is 0 Å². The summed E-state index contributed by atoms with van der Waals surface area (Å²) in [5.41, 5.74) is 1.49. The molecule has 4 heteroatoms. The molecule has 3 aliphatic rings. The Morgan fingerprint density at radius 1 is 1.04 bits per heavy atom. The van der Waals surface area contributed by atoms with Crippen molar-refractivity contribution < 1.29 is 19.4 Å². The Morgan fingerprint density at radius 2 is 1.75 bits per heavy atom. The largest absolute Gasteiger partial charge is 0.478 e. The minimum atomic E-state index is -0.888. The highest BCUT2D eigenvalue weighted by molar-refractivity contribution is 5.89. The average molecular weight is 383 g/mol. The summed E-state index contributed by atoms with van der Waals surface area (Å²) in [6.07, 6.45) is 14.4. The second-order valence-electron chi connectivity index (χ2n) is 8.75. The number of fused-ring (bicyclic) bond motifs is 2. The van der Waals surface area contributed by atoms with Crippen molar-refractivity contribution in [2.75, 3.05) is 0 Å². The average Bonchev–Trinajstić information content (AvgIpc) is 3.43. The number of carbonyl (C=O) groups excluding carboxylic acids is 1. The fourth-order valence-corrected chi connectivity index (χ4v) is 5.39. The van der Waals surface area contributed by atoms with Crippen LogP contribution in [-0.2, 0) is 16.0 Å². The Bertz CT molecular complexity index is 729. The summed E-state index contributed by atoms with van der Waals surface area (Å²) in [7, 11) is 0. The van der Waals surface area contributed by atoms with Gasteiger partial charge < -0.3 is 9.84 Å². The maximum Gasteiger partial charge on any atom is 0.335 e. The molecule has 150 valence electrons. The van der Waals surface area contributed by atoms with Crippen LogP contribution >= 0.6 is 0 Å². The molecule has 1 aromatic carbocycles. The number of benzene rings is 1. The van der Waals surface area contributed by atoms with Crippen molar-refractivity contribution in [1.29, 1.82) is 0 Å². The molecule has 0 aromatic heterocycles. The number of carboxylic acids is 1. The van der Waals surface area contributed by atoms with E-state index in [0.29, 0.717) is 35.8 Å². The Labute approximate surface area is 167 Å². The van der Waals surface area contributed by atoms with Crippen molar-refractivity contribution in [2.45, 2.75) is 70.0 Å². The maximum absolute atomic E-state index is 12.4. The number of ketones is 1. The number of aryl methyl sites for hydroxylation is 1. The van der Waals surface area contributed by atoms with Crippen LogP contribution in [0.2, 0.25) is 0 Å². The molecule has 0 amide bonds. The van der Waals surface area contributed by atoms with Gasteiger partial charge in [-0.2, -0.15) is 0 Å². The van der Waals surface area contributed by atoms with Crippen LogP contribution in [-0.4, -0.2) is 29.1 Å². The molecule has 1 aliphatic carbocycles. The summed E-state index contributed by atoms with van der Waals surface area (Å²) in [6.45, 7) is 0. The molecule has 1 aromatic rings. The van der Waals surface area contributed by atoms with Gasteiger partial charge in [0.05, 0.1) is 17.8 Å². The van der Waals surface area contributed by atoms with Crippen LogP contribution in [0.4, 0.5) is 0 Å². The number of ether oxygens (including phenoxy) is 1. The van der Waals surface area contributed by atoms with Gasteiger partial charge in [-0.3, -0.25) is 4.79 Å². The lowest BCUT2D eigenvalue weighted by Gasteiger charge is -2.25. The summed E-state index contributed by atoms with van der Waals surface area (Å²) < 4.78 is 6.16. The summed E-state index contributed by atoms with van der Waals surface area (Å²) in [5, 5.41) is 9.03. The molecular weight excluding hydrogens is 352 g/mol. The topological polar surface area (TPSA) is 63.6 Å². The van der Waals surface area contributed by atoms with Crippen molar-refractivity contribution in [3.63, 3.8) is 0 Å². The third-order valence-corrected chi connectivity index (χ3v) is 6.92. The minimum absolute atomic E-state index is 0.264. The molecule has 28 heavy (non-hydrogen) atoms. The highest BCUT2D eigenvalue weighted by Gasteiger charge is 2.47. The SMILES string of the molecule is O=C(C=C[C@H]1[C@H](CCc2ccc(C(=O)O)cc2)[C@H]2CC[C@@H]1O2)CC1CCCC1. The molecule has 3 fully saturated rings. The number of aromatic carboxylic acids is 1. The molecule has 2 saturated heterocycles. The molecule has 1 N–H and O–H groups in total. The summed E-state index contributed by atoms with van der Waals surface area (Å²) in [6, 6.07) is 7.17. The van der Waals surface area contributed by atoms with Gasteiger partial charge in [0.1, 0.15) is 0 Å². The fraction of sp³-hybridized carbons (Fsp3) is 0.583. The Morgan fingerprint density at radius 3 is 2.46 bits per heavy atom. The Kier molecular flexibility index (Phi) is 5.96. The van der Waals surface area contributed by atoms with Gasteiger partial charge in [0.2, 0.25) is 0 Å². The number of hydrogen-bond acceptors (Lipinski definition) is 3. The molecule has 0 spiro atoms. The normalized spacial score (nSPS) is 29.7. The van der Waals surface area contributed by atoms with Crippen LogP contribution in [0.1, 0.15) is 67.3 Å². The first-order valence-corrected chi connectivity index (χ1v) is 10.8. The Balaban J connectivity index is 1.34. The maximum atomic E-state index is 12.4. The molecule has 2 bridgehead atoms. The summed E-state index contributed by atoms with van der Waals surface area (Å²) >= 11 is 0. The predicted octanol–water partition coefficient (Wildman–Crippen LogP) is 4.82. The van der Waals surface area contributed by atoms with E-state index in [1.54, 1.807) is 12.1 Å². The number of allylic oxidation sites excluding steroid dienone is 1. The van der Waals surface area contributed by atoms with E-state index in [0.717, 1.165) is 31.2 Å². The third-order valence-electron chi connectivity index (χ3n) is 6.92. The van der Waals surface area contributed by atoms with Gasteiger partial charge in [0.15, 0.2) is 5.78 Å². The monoisotopic (exact) mass is 382 g/mol. The van der Waals surface area contributed by atoms with Crippen LogP contribution in [0, 0.1) is 17.8 Å². The molecule has 0 unspecified atom stereocenters. The van der Waals surface area contributed by atoms with Gasteiger partial charge >= 0.3 is 5.97 Å². The number of hydrogen-bond donors (Lipinski definition) is 1. The van der Waals surface area contributed by atoms with Crippen LogP contribution < -0.4 is 0 Å². The minimum Gasteiger partial charge on any atom is -0.478 e. The molecule has 4 nitrogen and oxygen atoms in total. The first kappa shape index (κ1) is 19.4. The van der Waals surface area contributed by atoms with Gasteiger partial charge in [-0.05, 0) is 61.3 Å². The molecule has 1 saturated carbocycles. The molecular formula is C24H30O4. The van der Waals surface area contributed by atoms with Crippen molar-refractivity contribution in [1.82, 2.24) is 0 Å². The fourth-order valence-electron chi connectivity index (χ4n) is 5.39. The lowest BCUT2D eigenvalue weighted by atomic mass is 9.76. The van der Waals surface area contributed by atoms with Crippen LogP contribution in [0.25, 0.3) is 0 Å². The third kappa shape index (κ3) is 4.38. The van der Waals surface area contributed by atoms with E-state index < -0.39 is 5.97 Å². The van der Waals surface area contributed by atoms with Crippen LogP contribution in [0.15, 0.2) is 36.4 Å². The zero-order chi connectivity index (χ0) is 19.5. The quantitative estimate of drug-likeness (QED) is 0.655. The van der Waals surface area contributed by atoms with Crippen molar-refractivity contribution in [2.24, 2.45) is 17.8 Å². The van der Waals surface area contributed by atoms with E-state index in [9.17, 15) is 9.59 Å². The van der Waals surface area contributed by atoms with E-state index in [2.05, 4.69) is 6.08 Å². The van der Waals surface area contributed by atoms with Crippen molar-refractivity contribution >= 4 is 11.8 Å². The molecule has 0 radical (unpaired) electrons. The highest BCUT2D eigenvalue weighted by atomic mass is 16.5.